The van der Waals surface area contributed by atoms with E-state index in [9.17, 15) is 4.39 Å². The second-order valence-electron chi connectivity index (χ2n) is 8.82. The molecule has 1 saturated carbocycles. The van der Waals surface area contributed by atoms with Crippen LogP contribution in [0.2, 0.25) is 0 Å². The minimum atomic E-state index is -0.194. The lowest BCUT2D eigenvalue weighted by atomic mass is 9.75. The van der Waals surface area contributed by atoms with E-state index in [1.54, 1.807) is 12.1 Å². The van der Waals surface area contributed by atoms with Gasteiger partial charge in [-0.15, -0.1) is 0 Å². The molecule has 1 aliphatic carbocycles. The maximum Gasteiger partial charge on any atom is 0.123 e. The highest BCUT2D eigenvalue weighted by atomic mass is 19.1. The van der Waals surface area contributed by atoms with E-state index in [1.165, 1.54) is 60.9 Å². The van der Waals surface area contributed by atoms with Gasteiger partial charge >= 0.3 is 0 Å². The van der Waals surface area contributed by atoms with Crippen molar-refractivity contribution < 1.29 is 4.39 Å². The summed E-state index contributed by atoms with van der Waals surface area (Å²) in [6.07, 6.45) is 10.7. The van der Waals surface area contributed by atoms with E-state index in [1.807, 2.05) is 6.08 Å². The maximum atomic E-state index is 13.0. The Labute approximate surface area is 180 Å². The van der Waals surface area contributed by atoms with Gasteiger partial charge in [-0.25, -0.2) is 4.39 Å². The fourth-order valence-electron chi connectivity index (χ4n) is 4.79. The quantitative estimate of drug-likeness (QED) is 0.365. The van der Waals surface area contributed by atoms with E-state index in [0.29, 0.717) is 11.8 Å². The van der Waals surface area contributed by atoms with Gasteiger partial charge in [0.2, 0.25) is 0 Å². The average Bonchev–Trinajstić information content (AvgIpc) is 2.80. The standard InChI is InChI=1S/C29H31F/c1-22(26-5-3-2-4-6-26)21-25-11-17-28(18-12-25)27-15-9-23(10-16-27)7-8-24-13-19-29(30)20-14-24/h2-10,13-16,19-20,22,25,28H,11-12,17-18,21H2,1H3/b8-7+. The Morgan fingerprint density at radius 3 is 1.93 bits per heavy atom. The Morgan fingerprint density at radius 1 is 0.767 bits per heavy atom. The first-order valence-corrected chi connectivity index (χ1v) is 11.3. The zero-order chi connectivity index (χ0) is 20.8. The molecule has 3 aromatic carbocycles. The highest BCUT2D eigenvalue weighted by molar-refractivity contribution is 5.69. The van der Waals surface area contributed by atoms with E-state index < -0.39 is 0 Å². The Kier molecular flexibility index (Phi) is 6.79. The van der Waals surface area contributed by atoms with E-state index >= 15 is 0 Å². The molecule has 1 fully saturated rings. The first-order chi connectivity index (χ1) is 14.7. The van der Waals surface area contributed by atoms with Crippen molar-refractivity contribution in [2.75, 3.05) is 0 Å². The van der Waals surface area contributed by atoms with Crippen molar-refractivity contribution in [2.45, 2.75) is 50.9 Å². The summed E-state index contributed by atoms with van der Waals surface area (Å²) >= 11 is 0. The van der Waals surface area contributed by atoms with Crippen molar-refractivity contribution in [2.24, 2.45) is 5.92 Å². The number of halogens is 1. The second kappa shape index (κ2) is 9.89. The van der Waals surface area contributed by atoms with Gasteiger partial charge in [0.05, 0.1) is 0 Å². The maximum absolute atomic E-state index is 13.0. The van der Waals surface area contributed by atoms with Crippen molar-refractivity contribution in [3.8, 4) is 0 Å². The summed E-state index contributed by atoms with van der Waals surface area (Å²) < 4.78 is 13.0. The fraction of sp³-hybridized carbons (Fsp3) is 0.310. The van der Waals surface area contributed by atoms with E-state index in [0.717, 1.165) is 11.5 Å². The van der Waals surface area contributed by atoms with Crippen LogP contribution in [0.4, 0.5) is 4.39 Å². The average molecular weight is 399 g/mol. The lowest BCUT2D eigenvalue weighted by Gasteiger charge is -2.30. The number of rotatable bonds is 6. The zero-order valence-electron chi connectivity index (χ0n) is 17.8. The molecule has 30 heavy (non-hydrogen) atoms. The molecule has 0 aromatic heterocycles. The van der Waals surface area contributed by atoms with Gasteiger partial charge in [0.15, 0.2) is 0 Å². The van der Waals surface area contributed by atoms with Gasteiger partial charge in [-0.05, 0) is 84.2 Å². The molecule has 1 atom stereocenters. The Hall–Kier alpha value is -2.67. The predicted octanol–water partition coefficient (Wildman–Crippen LogP) is 8.46. The molecule has 4 rings (SSSR count). The molecule has 0 bridgehead atoms. The van der Waals surface area contributed by atoms with Gasteiger partial charge in [0.1, 0.15) is 5.82 Å². The fourth-order valence-corrected chi connectivity index (χ4v) is 4.79. The van der Waals surface area contributed by atoms with Crippen LogP contribution in [-0.2, 0) is 0 Å². The molecule has 0 heterocycles. The lowest BCUT2D eigenvalue weighted by molar-refractivity contribution is 0.297. The number of benzene rings is 3. The summed E-state index contributed by atoms with van der Waals surface area (Å²) in [6, 6.07) is 26.5. The van der Waals surface area contributed by atoms with Crippen LogP contribution >= 0.6 is 0 Å². The molecule has 0 spiro atoms. The van der Waals surface area contributed by atoms with Crippen molar-refractivity contribution in [3.05, 3.63) is 107 Å². The lowest BCUT2D eigenvalue weighted by Crippen LogP contribution is -2.15. The highest BCUT2D eigenvalue weighted by Gasteiger charge is 2.24. The van der Waals surface area contributed by atoms with Gasteiger partial charge < -0.3 is 0 Å². The van der Waals surface area contributed by atoms with Crippen LogP contribution in [0.15, 0.2) is 78.9 Å². The molecule has 0 nitrogen and oxygen atoms in total. The first kappa shape index (κ1) is 20.6. The number of hydrogen-bond acceptors (Lipinski definition) is 0. The van der Waals surface area contributed by atoms with Gasteiger partial charge in [0.25, 0.3) is 0 Å². The van der Waals surface area contributed by atoms with Crippen LogP contribution in [0.1, 0.15) is 73.1 Å². The van der Waals surface area contributed by atoms with Crippen LogP contribution in [0, 0.1) is 11.7 Å². The molecule has 0 radical (unpaired) electrons. The largest absolute Gasteiger partial charge is 0.207 e. The smallest absolute Gasteiger partial charge is 0.123 e. The van der Waals surface area contributed by atoms with E-state index in [2.05, 4.69) is 67.6 Å². The second-order valence-corrected chi connectivity index (χ2v) is 8.82. The van der Waals surface area contributed by atoms with Crippen LogP contribution < -0.4 is 0 Å². The van der Waals surface area contributed by atoms with Gasteiger partial charge in [-0.1, -0.05) is 85.8 Å². The van der Waals surface area contributed by atoms with Crippen LogP contribution in [0.25, 0.3) is 12.2 Å². The normalized spacial score (nSPS) is 20.3. The van der Waals surface area contributed by atoms with Crippen LogP contribution in [0.5, 0.6) is 0 Å². The summed E-state index contributed by atoms with van der Waals surface area (Å²) in [5, 5.41) is 0. The van der Waals surface area contributed by atoms with Gasteiger partial charge in [-0.3, -0.25) is 0 Å². The molecule has 1 heteroatoms. The molecular weight excluding hydrogens is 367 g/mol. The van der Waals surface area contributed by atoms with Crippen LogP contribution in [-0.4, -0.2) is 0 Å². The summed E-state index contributed by atoms with van der Waals surface area (Å²) in [6.45, 7) is 2.37. The molecule has 3 aromatic rings. The van der Waals surface area contributed by atoms with Crippen molar-refractivity contribution >= 4 is 12.2 Å². The van der Waals surface area contributed by atoms with E-state index in [4.69, 9.17) is 0 Å². The minimum absolute atomic E-state index is 0.194. The Morgan fingerprint density at radius 2 is 1.33 bits per heavy atom. The summed E-state index contributed by atoms with van der Waals surface area (Å²) in [7, 11) is 0. The third-order valence-electron chi connectivity index (χ3n) is 6.65. The van der Waals surface area contributed by atoms with Crippen molar-refractivity contribution in [1.82, 2.24) is 0 Å². The minimum Gasteiger partial charge on any atom is -0.207 e. The monoisotopic (exact) mass is 398 g/mol. The topological polar surface area (TPSA) is 0 Å². The third-order valence-corrected chi connectivity index (χ3v) is 6.65. The molecule has 1 unspecified atom stereocenters. The summed E-state index contributed by atoms with van der Waals surface area (Å²) in [5.74, 6) is 2.01. The molecule has 0 N–H and O–H groups in total. The molecule has 154 valence electrons. The first-order valence-electron chi connectivity index (χ1n) is 11.3. The van der Waals surface area contributed by atoms with E-state index in [-0.39, 0.29) is 5.82 Å². The van der Waals surface area contributed by atoms with Gasteiger partial charge in [0, 0.05) is 0 Å². The Balaban J connectivity index is 1.29. The zero-order valence-corrected chi connectivity index (χ0v) is 17.8. The predicted molar refractivity (Wildman–Crippen MR) is 126 cm³/mol. The summed E-state index contributed by atoms with van der Waals surface area (Å²) in [4.78, 5) is 0. The summed E-state index contributed by atoms with van der Waals surface area (Å²) in [5.41, 5.74) is 5.16. The SMILES string of the molecule is CC(CC1CCC(c2ccc(/C=C/c3ccc(F)cc3)cc2)CC1)c1ccccc1. The molecule has 0 amide bonds. The highest BCUT2D eigenvalue weighted by Crippen LogP contribution is 2.39. The number of hydrogen-bond donors (Lipinski definition) is 0. The Bertz CT molecular complexity index is 930. The molecule has 0 saturated heterocycles. The van der Waals surface area contributed by atoms with Gasteiger partial charge in [-0.2, -0.15) is 0 Å². The molecular formula is C29H31F. The third kappa shape index (κ3) is 5.48. The van der Waals surface area contributed by atoms with Crippen molar-refractivity contribution in [1.29, 1.82) is 0 Å². The van der Waals surface area contributed by atoms with Crippen molar-refractivity contribution in [3.63, 3.8) is 0 Å². The molecule has 1 aliphatic rings. The molecule has 0 aliphatic heterocycles. The van der Waals surface area contributed by atoms with Crippen LogP contribution in [0.3, 0.4) is 0 Å².